The minimum Gasteiger partial charge on any atom is -0.389 e. The minimum absolute atomic E-state index is 0.255. The van der Waals surface area contributed by atoms with Crippen LogP contribution in [0.3, 0.4) is 0 Å². The van der Waals surface area contributed by atoms with Crippen molar-refractivity contribution in [1.29, 1.82) is 0 Å². The summed E-state index contributed by atoms with van der Waals surface area (Å²) in [5, 5.41) is 0. The molecule has 0 saturated heterocycles. The van der Waals surface area contributed by atoms with Crippen LogP contribution in [0.25, 0.3) is 0 Å². The predicted octanol–water partition coefficient (Wildman–Crippen LogP) is 1.68. The van der Waals surface area contributed by atoms with Gasteiger partial charge in [-0.05, 0) is 31.5 Å². The first-order valence-corrected chi connectivity index (χ1v) is 8.67. The number of rotatable bonds is 8. The Morgan fingerprint density at radius 3 is 2.52 bits per heavy atom. The van der Waals surface area contributed by atoms with Crippen LogP contribution in [0.2, 0.25) is 0 Å². The number of nitrogens with two attached hydrogens (primary N) is 1. The van der Waals surface area contributed by atoms with E-state index in [1.165, 1.54) is 4.31 Å². The number of thiocarbonyl (C=S) groups is 1. The molecule has 7 heteroatoms. The summed E-state index contributed by atoms with van der Waals surface area (Å²) in [6, 6.07) is 4.90. The monoisotopic (exact) mass is 330 g/mol. The third kappa shape index (κ3) is 4.47. The Kier molecular flexibility index (Phi) is 6.73. The highest BCUT2D eigenvalue weighted by Crippen LogP contribution is 2.21. The molecule has 5 nitrogen and oxygen atoms in total. The lowest BCUT2D eigenvalue weighted by Crippen LogP contribution is -2.34. The summed E-state index contributed by atoms with van der Waals surface area (Å²) in [4.78, 5) is 0.534. The normalized spacial score (nSPS) is 11.8. The van der Waals surface area contributed by atoms with E-state index in [4.69, 9.17) is 22.7 Å². The molecule has 0 unspecified atom stereocenters. The maximum absolute atomic E-state index is 12.7. The molecular weight excluding hydrogens is 308 g/mol. The summed E-state index contributed by atoms with van der Waals surface area (Å²) in [7, 11) is -3.54. The Morgan fingerprint density at radius 1 is 1.38 bits per heavy atom. The molecule has 0 amide bonds. The molecule has 1 rings (SSSR count). The lowest BCUT2D eigenvalue weighted by Gasteiger charge is -2.21. The van der Waals surface area contributed by atoms with Gasteiger partial charge in [0.2, 0.25) is 10.0 Å². The zero-order valence-electron chi connectivity index (χ0n) is 12.6. The van der Waals surface area contributed by atoms with Crippen LogP contribution in [0.4, 0.5) is 0 Å². The largest absolute Gasteiger partial charge is 0.389 e. The Bertz CT molecular complexity index is 600. The van der Waals surface area contributed by atoms with Crippen LogP contribution in [-0.4, -0.2) is 44.0 Å². The van der Waals surface area contributed by atoms with Gasteiger partial charge in [0.15, 0.2) is 0 Å². The van der Waals surface area contributed by atoms with Gasteiger partial charge in [-0.1, -0.05) is 25.2 Å². The number of nitrogens with zero attached hydrogens (tertiary/aromatic N) is 1. The van der Waals surface area contributed by atoms with E-state index in [0.717, 1.165) is 0 Å². The van der Waals surface area contributed by atoms with Crippen molar-refractivity contribution in [3.8, 4) is 0 Å². The van der Waals surface area contributed by atoms with E-state index in [0.29, 0.717) is 37.4 Å². The number of sulfonamides is 1. The molecule has 1 aromatic rings. The fraction of sp³-hybridized carbons (Fsp3) is 0.500. The van der Waals surface area contributed by atoms with Crippen LogP contribution in [0.15, 0.2) is 23.1 Å². The van der Waals surface area contributed by atoms with E-state index < -0.39 is 10.0 Å². The van der Waals surface area contributed by atoms with Crippen molar-refractivity contribution in [2.45, 2.75) is 25.7 Å². The van der Waals surface area contributed by atoms with E-state index in [9.17, 15) is 8.42 Å². The van der Waals surface area contributed by atoms with E-state index in [-0.39, 0.29) is 9.88 Å². The second kappa shape index (κ2) is 7.84. The zero-order valence-corrected chi connectivity index (χ0v) is 14.3. The first kappa shape index (κ1) is 18.0. The number of ether oxygens (including phenoxy) is 1. The molecule has 21 heavy (non-hydrogen) atoms. The Hall–Kier alpha value is -1.02. The Balaban J connectivity index is 3.08. The maximum Gasteiger partial charge on any atom is 0.243 e. The topological polar surface area (TPSA) is 72.6 Å². The van der Waals surface area contributed by atoms with Crippen molar-refractivity contribution in [1.82, 2.24) is 4.31 Å². The fourth-order valence-electron chi connectivity index (χ4n) is 1.99. The van der Waals surface area contributed by atoms with Gasteiger partial charge in [-0.3, -0.25) is 0 Å². The standard InChI is InChI=1S/C14H22N2O3S2/c1-4-16(8-9-19-5-2)21(17,18)13-7-6-12(14(15)20)10-11(13)3/h6-7,10H,4-5,8-9H2,1-3H3,(H2,15,20). The Morgan fingerprint density at radius 2 is 2.05 bits per heavy atom. The molecule has 0 radical (unpaired) electrons. The van der Waals surface area contributed by atoms with Crippen molar-refractivity contribution in [3.63, 3.8) is 0 Å². The average molecular weight is 330 g/mol. The van der Waals surface area contributed by atoms with E-state index in [1.807, 2.05) is 13.8 Å². The number of likely N-dealkylation sites (N-methyl/N-ethyl adjacent to an activating group) is 1. The molecule has 0 heterocycles. The molecule has 0 bridgehead atoms. The third-order valence-electron chi connectivity index (χ3n) is 3.12. The summed E-state index contributed by atoms with van der Waals surface area (Å²) in [6.07, 6.45) is 0. The molecule has 0 aromatic heterocycles. The van der Waals surface area contributed by atoms with Crippen LogP contribution in [0.1, 0.15) is 25.0 Å². The van der Waals surface area contributed by atoms with Crippen LogP contribution in [0.5, 0.6) is 0 Å². The van der Waals surface area contributed by atoms with Crippen LogP contribution < -0.4 is 5.73 Å². The molecular formula is C14H22N2O3S2. The van der Waals surface area contributed by atoms with Gasteiger partial charge >= 0.3 is 0 Å². The molecule has 0 atom stereocenters. The molecule has 118 valence electrons. The molecule has 1 aromatic carbocycles. The van der Waals surface area contributed by atoms with Crippen molar-refractivity contribution in [3.05, 3.63) is 29.3 Å². The first-order chi connectivity index (χ1) is 9.84. The van der Waals surface area contributed by atoms with Gasteiger partial charge in [0.1, 0.15) is 4.99 Å². The number of benzene rings is 1. The van der Waals surface area contributed by atoms with Crippen molar-refractivity contribution < 1.29 is 13.2 Å². The van der Waals surface area contributed by atoms with Crippen LogP contribution in [-0.2, 0) is 14.8 Å². The third-order valence-corrected chi connectivity index (χ3v) is 5.49. The molecule has 0 spiro atoms. The minimum atomic E-state index is -3.54. The maximum atomic E-state index is 12.7. The second-order valence-electron chi connectivity index (χ2n) is 4.54. The fourth-order valence-corrected chi connectivity index (χ4v) is 3.76. The van der Waals surface area contributed by atoms with Gasteiger partial charge in [0.25, 0.3) is 0 Å². The smallest absolute Gasteiger partial charge is 0.243 e. The molecule has 0 saturated carbocycles. The SMILES string of the molecule is CCOCCN(CC)S(=O)(=O)c1ccc(C(N)=S)cc1C. The number of hydrogen-bond donors (Lipinski definition) is 1. The predicted molar refractivity (Wildman–Crippen MR) is 88.0 cm³/mol. The molecule has 0 aliphatic rings. The number of aryl methyl sites for hydroxylation is 1. The molecule has 0 fully saturated rings. The van der Waals surface area contributed by atoms with Gasteiger partial charge in [-0.2, -0.15) is 4.31 Å². The highest BCUT2D eigenvalue weighted by atomic mass is 32.2. The first-order valence-electron chi connectivity index (χ1n) is 6.82. The highest BCUT2D eigenvalue weighted by molar-refractivity contribution is 7.89. The highest BCUT2D eigenvalue weighted by Gasteiger charge is 2.24. The van der Waals surface area contributed by atoms with Crippen LogP contribution >= 0.6 is 12.2 Å². The van der Waals surface area contributed by atoms with Gasteiger partial charge in [0.05, 0.1) is 11.5 Å². The molecule has 2 N–H and O–H groups in total. The van der Waals surface area contributed by atoms with E-state index in [1.54, 1.807) is 25.1 Å². The second-order valence-corrected chi connectivity index (χ2v) is 6.88. The summed E-state index contributed by atoms with van der Waals surface area (Å²) in [5.41, 5.74) is 6.86. The van der Waals surface area contributed by atoms with Gasteiger partial charge < -0.3 is 10.5 Å². The lowest BCUT2D eigenvalue weighted by atomic mass is 10.1. The van der Waals surface area contributed by atoms with Gasteiger partial charge in [0, 0.05) is 25.3 Å². The van der Waals surface area contributed by atoms with E-state index >= 15 is 0 Å². The van der Waals surface area contributed by atoms with Crippen molar-refractivity contribution in [2.24, 2.45) is 5.73 Å². The average Bonchev–Trinajstić information content (AvgIpc) is 2.42. The summed E-state index contributed by atoms with van der Waals surface area (Å²) in [5.74, 6) is 0. The lowest BCUT2D eigenvalue weighted by molar-refractivity contribution is 0.135. The van der Waals surface area contributed by atoms with Crippen molar-refractivity contribution >= 4 is 27.2 Å². The van der Waals surface area contributed by atoms with E-state index in [2.05, 4.69) is 0 Å². The number of hydrogen-bond acceptors (Lipinski definition) is 4. The summed E-state index contributed by atoms with van der Waals surface area (Å²) < 4.78 is 32.0. The summed E-state index contributed by atoms with van der Waals surface area (Å²) in [6.45, 7) is 7.11. The quantitative estimate of drug-likeness (QED) is 0.580. The zero-order chi connectivity index (χ0) is 16.0. The molecule has 0 aliphatic heterocycles. The van der Waals surface area contributed by atoms with Crippen molar-refractivity contribution in [2.75, 3.05) is 26.3 Å². The summed E-state index contributed by atoms with van der Waals surface area (Å²) >= 11 is 4.90. The Labute approximate surface area is 132 Å². The molecule has 0 aliphatic carbocycles. The van der Waals surface area contributed by atoms with Gasteiger partial charge in [-0.15, -0.1) is 0 Å². The van der Waals surface area contributed by atoms with Crippen LogP contribution in [0, 0.1) is 6.92 Å². The van der Waals surface area contributed by atoms with Gasteiger partial charge in [-0.25, -0.2) is 8.42 Å².